The van der Waals surface area contributed by atoms with Crippen LogP contribution in [-0.4, -0.2) is 23.4 Å². The quantitative estimate of drug-likeness (QED) is 0.756. The van der Waals surface area contributed by atoms with Gasteiger partial charge in [-0.2, -0.15) is 0 Å². The van der Waals surface area contributed by atoms with E-state index in [1.165, 1.54) is 0 Å². The number of hydrogen-bond acceptors (Lipinski definition) is 4. The maximum Gasteiger partial charge on any atom is 0.168 e. The average Bonchev–Trinajstić information content (AvgIpc) is 2.38. The van der Waals surface area contributed by atoms with E-state index < -0.39 is 0 Å². The fourth-order valence-corrected chi connectivity index (χ4v) is 1.56. The van der Waals surface area contributed by atoms with E-state index in [1.807, 2.05) is 24.3 Å². The summed E-state index contributed by atoms with van der Waals surface area (Å²) in [5.41, 5.74) is 2.06. The van der Waals surface area contributed by atoms with Gasteiger partial charge in [0.2, 0.25) is 0 Å². The molecule has 4 heteroatoms. The van der Waals surface area contributed by atoms with E-state index in [4.69, 9.17) is 4.74 Å². The molecule has 0 unspecified atom stereocenters. The number of hydrogen-bond donors (Lipinski definition) is 0. The van der Waals surface area contributed by atoms with Gasteiger partial charge in [0.05, 0.1) is 12.8 Å². The number of methoxy groups -OCH3 is 1. The van der Waals surface area contributed by atoms with Crippen LogP contribution in [0.5, 0.6) is 5.75 Å². The van der Waals surface area contributed by atoms with E-state index in [1.54, 1.807) is 20.1 Å². The second-order valence-electron chi connectivity index (χ2n) is 3.57. The molecule has 0 N–H and O–H groups in total. The third kappa shape index (κ3) is 2.47. The molecule has 0 aliphatic rings. The lowest BCUT2D eigenvalue weighted by Crippen LogP contribution is -1.96. The molecule has 0 bridgehead atoms. The second-order valence-corrected chi connectivity index (χ2v) is 3.57. The zero-order valence-corrected chi connectivity index (χ0v) is 9.68. The Balaban J connectivity index is 2.44. The van der Waals surface area contributed by atoms with Crippen molar-refractivity contribution in [3.63, 3.8) is 0 Å². The lowest BCUT2D eigenvalue weighted by Gasteiger charge is -2.04. The SMILES string of the molecule is COc1ccc(-c2cc(C=O)nc(C)n2)cc1. The largest absolute Gasteiger partial charge is 0.497 e. The van der Waals surface area contributed by atoms with Gasteiger partial charge in [-0.1, -0.05) is 0 Å². The Kier molecular flexibility index (Phi) is 3.14. The molecule has 0 saturated heterocycles. The van der Waals surface area contributed by atoms with Crippen molar-refractivity contribution < 1.29 is 9.53 Å². The molecule has 1 heterocycles. The van der Waals surface area contributed by atoms with Gasteiger partial charge in [-0.3, -0.25) is 4.79 Å². The molecule has 0 aliphatic heterocycles. The van der Waals surface area contributed by atoms with Crippen LogP contribution < -0.4 is 4.74 Å². The first-order valence-corrected chi connectivity index (χ1v) is 5.18. The number of aldehydes is 1. The highest BCUT2D eigenvalue weighted by Crippen LogP contribution is 2.20. The minimum absolute atomic E-state index is 0.392. The van der Waals surface area contributed by atoms with Gasteiger partial charge in [-0.15, -0.1) is 0 Å². The van der Waals surface area contributed by atoms with Crippen molar-refractivity contribution in [3.8, 4) is 17.0 Å². The smallest absolute Gasteiger partial charge is 0.168 e. The van der Waals surface area contributed by atoms with E-state index in [-0.39, 0.29) is 0 Å². The molecule has 1 aromatic carbocycles. The maximum absolute atomic E-state index is 10.7. The monoisotopic (exact) mass is 228 g/mol. The fraction of sp³-hybridized carbons (Fsp3) is 0.154. The molecule has 0 atom stereocenters. The molecule has 4 nitrogen and oxygen atoms in total. The van der Waals surface area contributed by atoms with Gasteiger partial charge in [-0.25, -0.2) is 9.97 Å². The molecule has 0 saturated carbocycles. The number of aromatic nitrogens is 2. The summed E-state index contributed by atoms with van der Waals surface area (Å²) in [6, 6.07) is 9.17. The van der Waals surface area contributed by atoms with Gasteiger partial charge < -0.3 is 4.74 Å². The van der Waals surface area contributed by atoms with E-state index in [0.29, 0.717) is 11.5 Å². The number of rotatable bonds is 3. The number of carbonyl (C=O) groups excluding carboxylic acids is 1. The van der Waals surface area contributed by atoms with Gasteiger partial charge in [-0.05, 0) is 37.3 Å². The van der Waals surface area contributed by atoms with E-state index >= 15 is 0 Å². The minimum Gasteiger partial charge on any atom is -0.497 e. The van der Waals surface area contributed by atoms with Crippen LogP contribution in [-0.2, 0) is 0 Å². The molecular weight excluding hydrogens is 216 g/mol. The van der Waals surface area contributed by atoms with Gasteiger partial charge in [0, 0.05) is 5.56 Å². The number of ether oxygens (including phenoxy) is 1. The van der Waals surface area contributed by atoms with Crippen LogP contribution in [0.2, 0.25) is 0 Å². The first-order chi connectivity index (χ1) is 8.22. The molecule has 0 radical (unpaired) electrons. The van der Waals surface area contributed by atoms with Gasteiger partial charge in [0.1, 0.15) is 17.3 Å². The van der Waals surface area contributed by atoms with Gasteiger partial charge >= 0.3 is 0 Å². The summed E-state index contributed by atoms with van der Waals surface area (Å²) in [5, 5.41) is 0. The Morgan fingerprint density at radius 1 is 1.18 bits per heavy atom. The summed E-state index contributed by atoms with van der Waals surface area (Å²) < 4.78 is 5.08. The predicted octanol–water partition coefficient (Wildman–Crippen LogP) is 2.27. The fourth-order valence-electron chi connectivity index (χ4n) is 1.56. The molecule has 1 aromatic heterocycles. The van der Waals surface area contributed by atoms with Crippen molar-refractivity contribution in [2.24, 2.45) is 0 Å². The van der Waals surface area contributed by atoms with E-state index in [9.17, 15) is 4.79 Å². The summed E-state index contributed by atoms with van der Waals surface area (Å²) in [6.45, 7) is 1.76. The first kappa shape index (κ1) is 11.3. The summed E-state index contributed by atoms with van der Waals surface area (Å²) in [7, 11) is 1.62. The molecule has 17 heavy (non-hydrogen) atoms. The van der Waals surface area contributed by atoms with Crippen LogP contribution in [0, 0.1) is 6.92 Å². The normalized spacial score (nSPS) is 10.0. The summed E-state index contributed by atoms with van der Waals surface area (Å²) in [4.78, 5) is 19.0. The van der Waals surface area contributed by atoms with E-state index in [2.05, 4.69) is 9.97 Å². The van der Waals surface area contributed by atoms with Crippen molar-refractivity contribution in [3.05, 3.63) is 41.9 Å². The zero-order chi connectivity index (χ0) is 12.3. The van der Waals surface area contributed by atoms with Crippen molar-refractivity contribution in [2.45, 2.75) is 6.92 Å². The standard InChI is InChI=1S/C13H12N2O2/c1-9-14-11(8-16)7-13(15-9)10-3-5-12(17-2)6-4-10/h3-8H,1-2H3. The van der Waals surface area contributed by atoms with Crippen LogP contribution in [0.1, 0.15) is 16.3 Å². The molecular formula is C13H12N2O2. The van der Waals surface area contributed by atoms with Gasteiger partial charge in [0.25, 0.3) is 0 Å². The lowest BCUT2D eigenvalue weighted by molar-refractivity contribution is 0.111. The molecule has 0 aliphatic carbocycles. The molecule has 0 fully saturated rings. The van der Waals surface area contributed by atoms with Crippen molar-refractivity contribution >= 4 is 6.29 Å². The molecule has 2 rings (SSSR count). The summed E-state index contributed by atoms with van der Waals surface area (Å²) in [5.74, 6) is 1.37. The highest BCUT2D eigenvalue weighted by Gasteiger charge is 2.04. The van der Waals surface area contributed by atoms with Gasteiger partial charge in [0.15, 0.2) is 6.29 Å². The highest BCUT2D eigenvalue weighted by molar-refractivity contribution is 5.75. The molecule has 2 aromatic rings. The first-order valence-electron chi connectivity index (χ1n) is 5.18. The summed E-state index contributed by atoms with van der Waals surface area (Å²) in [6.07, 6.45) is 0.724. The molecule has 0 spiro atoms. The Morgan fingerprint density at radius 2 is 1.88 bits per heavy atom. The van der Waals surface area contributed by atoms with Crippen molar-refractivity contribution in [2.75, 3.05) is 7.11 Å². The minimum atomic E-state index is 0.392. The van der Waals surface area contributed by atoms with Crippen LogP contribution in [0.3, 0.4) is 0 Å². The highest BCUT2D eigenvalue weighted by atomic mass is 16.5. The van der Waals surface area contributed by atoms with Crippen LogP contribution in [0.4, 0.5) is 0 Å². The molecule has 0 amide bonds. The topological polar surface area (TPSA) is 52.1 Å². The number of benzene rings is 1. The molecule has 86 valence electrons. The average molecular weight is 228 g/mol. The number of aryl methyl sites for hydroxylation is 1. The van der Waals surface area contributed by atoms with E-state index in [0.717, 1.165) is 23.3 Å². The van der Waals surface area contributed by atoms with Crippen molar-refractivity contribution in [1.29, 1.82) is 0 Å². The maximum atomic E-state index is 10.7. The third-order valence-corrected chi connectivity index (χ3v) is 2.36. The third-order valence-electron chi connectivity index (χ3n) is 2.36. The Labute approximate surface area is 99.3 Å². The van der Waals surface area contributed by atoms with Crippen LogP contribution in [0.25, 0.3) is 11.3 Å². The predicted molar refractivity (Wildman–Crippen MR) is 64.1 cm³/mol. The van der Waals surface area contributed by atoms with Crippen molar-refractivity contribution in [1.82, 2.24) is 9.97 Å². The number of carbonyl (C=O) groups is 1. The van der Waals surface area contributed by atoms with Crippen LogP contribution in [0.15, 0.2) is 30.3 Å². The summed E-state index contributed by atoms with van der Waals surface area (Å²) >= 11 is 0. The number of nitrogens with zero attached hydrogens (tertiary/aromatic N) is 2. The Bertz CT molecular complexity index is 536. The van der Waals surface area contributed by atoms with Crippen LogP contribution >= 0.6 is 0 Å². The zero-order valence-electron chi connectivity index (χ0n) is 9.68. The second kappa shape index (κ2) is 4.74. The Morgan fingerprint density at radius 3 is 2.47 bits per heavy atom. The Hall–Kier alpha value is -2.23. The lowest BCUT2D eigenvalue weighted by atomic mass is 10.1.